The summed E-state index contributed by atoms with van der Waals surface area (Å²) in [7, 11) is 0. The van der Waals surface area contributed by atoms with Gasteiger partial charge >= 0.3 is 12.1 Å². The highest BCUT2D eigenvalue weighted by Crippen LogP contribution is 2.21. The number of hydrogen-bond donors (Lipinski definition) is 3. The number of amides is 3. The Labute approximate surface area is 245 Å². The molecule has 0 bridgehead atoms. The van der Waals surface area contributed by atoms with Crippen LogP contribution in [0.5, 0.6) is 0 Å². The summed E-state index contributed by atoms with van der Waals surface area (Å²) >= 11 is 0. The van der Waals surface area contributed by atoms with Crippen LogP contribution in [0.2, 0.25) is 0 Å². The van der Waals surface area contributed by atoms with E-state index in [2.05, 4.69) is 38.0 Å². The zero-order chi connectivity index (χ0) is 32.3. The second-order valence-electron chi connectivity index (χ2n) is 9.06. The van der Waals surface area contributed by atoms with Crippen molar-refractivity contribution < 1.29 is 29.0 Å². The Morgan fingerprint density at radius 1 is 0.900 bits per heavy atom. The van der Waals surface area contributed by atoms with Crippen LogP contribution < -0.4 is 10.6 Å². The summed E-state index contributed by atoms with van der Waals surface area (Å²) in [6.07, 6.45) is 5.53. The number of nitrogens with zero attached hydrogens (tertiary/aromatic N) is 1. The minimum Gasteiger partial charge on any atom is -0.480 e. The number of alkyl carbamates (subject to hydrolysis) is 1. The number of carbonyl (C=O) groups is 4. The third kappa shape index (κ3) is 20.3. The molecule has 3 amide bonds. The van der Waals surface area contributed by atoms with Crippen LogP contribution >= 0.6 is 0 Å². The lowest BCUT2D eigenvalue weighted by molar-refractivity contribution is -0.144. The molecule has 2 fully saturated rings. The molecule has 2 unspecified atom stereocenters. The van der Waals surface area contributed by atoms with Gasteiger partial charge in [-0.25, -0.2) is 9.59 Å². The van der Waals surface area contributed by atoms with Crippen molar-refractivity contribution >= 4 is 23.9 Å². The van der Waals surface area contributed by atoms with Gasteiger partial charge in [0.1, 0.15) is 24.7 Å². The maximum atomic E-state index is 12.5. The van der Waals surface area contributed by atoms with Gasteiger partial charge in [0.05, 0.1) is 0 Å². The molecule has 3 atom stereocenters. The van der Waals surface area contributed by atoms with E-state index in [9.17, 15) is 24.3 Å². The molecule has 1 aliphatic carbocycles. The fraction of sp³-hybridized carbons (Fsp3) is 0.806. The van der Waals surface area contributed by atoms with Crippen LogP contribution in [0.1, 0.15) is 122 Å². The average Bonchev–Trinajstić information content (AvgIpc) is 3.66. The van der Waals surface area contributed by atoms with Crippen LogP contribution in [-0.4, -0.2) is 65.2 Å². The Balaban J connectivity index is -0.000000469. The Kier molecular flexibility index (Phi) is 32.7. The molecular weight excluding hydrogens is 510 g/mol. The summed E-state index contributed by atoms with van der Waals surface area (Å²) in [5, 5.41) is 14.2. The number of carboxylic acid groups (broad SMARTS) is 1. The third-order valence-electron chi connectivity index (χ3n) is 5.30. The van der Waals surface area contributed by atoms with Crippen LogP contribution in [0, 0.1) is 11.8 Å². The van der Waals surface area contributed by atoms with Gasteiger partial charge in [-0.3, -0.25) is 9.59 Å². The summed E-state index contributed by atoms with van der Waals surface area (Å²) in [5.74, 6) is -1.70. The fourth-order valence-corrected chi connectivity index (χ4v) is 3.59. The normalized spacial score (nSPS) is 16.6. The molecule has 0 spiro atoms. The number of carboxylic acids is 1. The minimum atomic E-state index is -1.16. The molecule has 2 rings (SSSR count). The number of likely N-dealkylation sites (tertiary alicyclic amines) is 1. The molecule has 0 aromatic carbocycles. The van der Waals surface area contributed by atoms with Gasteiger partial charge in [-0.15, -0.1) is 6.58 Å². The highest BCUT2D eigenvalue weighted by Gasteiger charge is 2.36. The monoisotopic (exact) mass is 573 g/mol. The van der Waals surface area contributed by atoms with Crippen molar-refractivity contribution in [3.05, 3.63) is 12.7 Å². The zero-order valence-corrected chi connectivity index (χ0v) is 27.8. The molecule has 9 heteroatoms. The number of nitrogens with one attached hydrogen (secondary N) is 2. The van der Waals surface area contributed by atoms with Crippen LogP contribution in [0.15, 0.2) is 12.7 Å². The van der Waals surface area contributed by atoms with Crippen molar-refractivity contribution in [2.45, 2.75) is 140 Å². The largest absolute Gasteiger partial charge is 0.480 e. The van der Waals surface area contributed by atoms with Gasteiger partial charge in [0.2, 0.25) is 11.8 Å². The second kappa shape index (κ2) is 29.4. The van der Waals surface area contributed by atoms with Gasteiger partial charge in [-0.05, 0) is 44.4 Å². The van der Waals surface area contributed by atoms with Gasteiger partial charge in [0, 0.05) is 12.5 Å². The molecule has 0 aromatic rings. The van der Waals surface area contributed by atoms with E-state index in [1.165, 1.54) is 11.0 Å². The van der Waals surface area contributed by atoms with Crippen LogP contribution in [0.25, 0.3) is 0 Å². The first kappa shape index (κ1) is 44.4. The molecule has 1 saturated carbocycles. The van der Waals surface area contributed by atoms with Crippen molar-refractivity contribution in [2.75, 3.05) is 13.1 Å². The quantitative estimate of drug-likeness (QED) is 0.274. The van der Waals surface area contributed by atoms with Gasteiger partial charge in [-0.2, -0.15) is 0 Å². The highest BCUT2D eigenvalue weighted by atomic mass is 16.6. The number of ether oxygens (including phenoxy) is 1. The second-order valence-corrected chi connectivity index (χ2v) is 9.06. The Morgan fingerprint density at radius 3 is 1.80 bits per heavy atom. The number of hydrogen-bond acceptors (Lipinski definition) is 5. The van der Waals surface area contributed by atoms with Gasteiger partial charge < -0.3 is 25.4 Å². The van der Waals surface area contributed by atoms with Crippen molar-refractivity contribution in [3.63, 3.8) is 0 Å². The maximum absolute atomic E-state index is 12.5. The predicted molar refractivity (Wildman–Crippen MR) is 166 cm³/mol. The number of aliphatic carboxylic acids is 1. The van der Waals surface area contributed by atoms with E-state index in [1.54, 1.807) is 6.92 Å². The van der Waals surface area contributed by atoms with E-state index >= 15 is 0 Å². The van der Waals surface area contributed by atoms with Crippen LogP contribution in [-0.2, 0) is 19.1 Å². The van der Waals surface area contributed by atoms with Crippen molar-refractivity contribution in [1.82, 2.24) is 15.5 Å². The Hall–Kier alpha value is -2.58. The first-order valence-electron chi connectivity index (χ1n) is 15.5. The summed E-state index contributed by atoms with van der Waals surface area (Å²) in [5.41, 5.74) is 0. The van der Waals surface area contributed by atoms with Gasteiger partial charge in [0.15, 0.2) is 0 Å². The molecule has 1 heterocycles. The highest BCUT2D eigenvalue weighted by molar-refractivity contribution is 5.92. The van der Waals surface area contributed by atoms with E-state index in [0.29, 0.717) is 19.4 Å². The SMILES string of the molecule is C=CC(C)C(NC(=O)[C@@H]1CCCN1C(=O)CNC(=O)OC1CCCC1)C(=O)O.CC.CC.CC.CC.CC(C)C. The van der Waals surface area contributed by atoms with E-state index in [0.717, 1.165) is 31.6 Å². The van der Waals surface area contributed by atoms with Gasteiger partial charge in [0.25, 0.3) is 0 Å². The van der Waals surface area contributed by atoms with E-state index < -0.39 is 41.9 Å². The lowest BCUT2D eigenvalue weighted by Crippen LogP contribution is -2.53. The molecule has 9 nitrogen and oxygen atoms in total. The summed E-state index contributed by atoms with van der Waals surface area (Å²) in [6.45, 7) is 27.8. The Morgan fingerprint density at radius 2 is 1.38 bits per heavy atom. The van der Waals surface area contributed by atoms with E-state index in [-0.39, 0.29) is 12.6 Å². The standard InChI is InChI=1S/C19H29N3O6.C4H10.4C2H6/c1-3-12(2)16(18(25)26)21-17(24)14-9-6-10-22(14)15(23)11-20-19(27)28-13-7-4-5-8-13;1-4(2)3;4*1-2/h3,12-14,16H,1,4-11H2,2H3,(H,20,27)(H,21,24)(H,25,26);4H,1-3H3;4*1-2H3/t12?,14-,16?;;;;;/m0...../s1. The smallest absolute Gasteiger partial charge is 0.407 e. The molecular formula is C31H63N3O6. The lowest BCUT2D eigenvalue weighted by atomic mass is 10.0. The molecule has 0 aromatic heterocycles. The number of rotatable bonds is 8. The summed E-state index contributed by atoms with van der Waals surface area (Å²) < 4.78 is 5.24. The zero-order valence-electron chi connectivity index (χ0n) is 27.8. The topological polar surface area (TPSA) is 125 Å². The first-order chi connectivity index (χ1) is 19.1. The van der Waals surface area contributed by atoms with E-state index in [4.69, 9.17) is 4.74 Å². The van der Waals surface area contributed by atoms with Gasteiger partial charge in [-0.1, -0.05) is 89.2 Å². The van der Waals surface area contributed by atoms with Crippen molar-refractivity contribution in [1.29, 1.82) is 0 Å². The Bertz CT molecular complexity index is 661. The predicted octanol–water partition coefficient (Wildman–Crippen LogP) is 6.80. The van der Waals surface area contributed by atoms with Crippen molar-refractivity contribution in [3.8, 4) is 0 Å². The molecule has 3 N–H and O–H groups in total. The van der Waals surface area contributed by atoms with Crippen molar-refractivity contribution in [2.24, 2.45) is 11.8 Å². The minimum absolute atomic E-state index is 0.0970. The third-order valence-corrected chi connectivity index (χ3v) is 5.30. The van der Waals surface area contributed by atoms with Crippen LogP contribution in [0.3, 0.4) is 0 Å². The van der Waals surface area contributed by atoms with Crippen LogP contribution in [0.4, 0.5) is 4.79 Å². The molecule has 238 valence electrons. The lowest BCUT2D eigenvalue weighted by Gasteiger charge is -2.26. The summed E-state index contributed by atoms with van der Waals surface area (Å²) in [6, 6.07) is -1.86. The fourth-order valence-electron chi connectivity index (χ4n) is 3.59. The molecule has 1 aliphatic heterocycles. The maximum Gasteiger partial charge on any atom is 0.407 e. The first-order valence-corrected chi connectivity index (χ1v) is 15.5. The molecule has 1 saturated heterocycles. The number of carbonyl (C=O) groups excluding carboxylic acids is 3. The molecule has 40 heavy (non-hydrogen) atoms. The molecule has 0 radical (unpaired) electrons. The summed E-state index contributed by atoms with van der Waals surface area (Å²) in [4.78, 5) is 49.6. The average molecular weight is 574 g/mol. The molecule has 2 aliphatic rings. The van der Waals surface area contributed by atoms with E-state index in [1.807, 2.05) is 55.4 Å².